The van der Waals surface area contributed by atoms with Gasteiger partial charge in [-0.3, -0.25) is 9.69 Å². The largest absolute Gasteiger partial charge is 0.358 e. The average molecular weight is 386 g/mol. The normalized spacial score (nSPS) is 14.0. The fourth-order valence-corrected chi connectivity index (χ4v) is 3.93. The van der Waals surface area contributed by atoms with Gasteiger partial charge in [-0.25, -0.2) is 4.39 Å². The van der Waals surface area contributed by atoms with Crippen molar-refractivity contribution in [1.29, 1.82) is 0 Å². The van der Waals surface area contributed by atoms with Crippen molar-refractivity contribution in [2.75, 3.05) is 20.1 Å². The van der Waals surface area contributed by atoms with Crippen molar-refractivity contribution in [2.45, 2.75) is 19.5 Å². The highest BCUT2D eigenvalue weighted by molar-refractivity contribution is 6.31. The number of hydrogen-bond acceptors (Lipinski definition) is 2. The van der Waals surface area contributed by atoms with Crippen LogP contribution >= 0.6 is 11.6 Å². The molecule has 4 nitrogen and oxygen atoms in total. The van der Waals surface area contributed by atoms with Crippen LogP contribution in [0.3, 0.4) is 0 Å². The number of nitrogens with zero attached hydrogens (tertiary/aromatic N) is 2. The summed E-state index contributed by atoms with van der Waals surface area (Å²) in [7, 11) is 1.87. The predicted octanol–water partition coefficient (Wildman–Crippen LogP) is 3.98. The number of para-hydroxylation sites is 1. The Morgan fingerprint density at radius 3 is 2.93 bits per heavy atom. The zero-order chi connectivity index (χ0) is 19.0. The van der Waals surface area contributed by atoms with Gasteiger partial charge in [-0.05, 0) is 30.8 Å². The summed E-state index contributed by atoms with van der Waals surface area (Å²) >= 11 is 6.09. The summed E-state index contributed by atoms with van der Waals surface area (Å²) in [6.07, 6.45) is 0.837. The molecule has 0 aliphatic carbocycles. The standard InChI is InChI=1S/C21H21ClFN3O/c1-25(11-14-6-7-15(23)10-18(14)22)13-21(27)26-9-8-20-17(12-26)16-4-2-3-5-19(16)24-20/h2-7,10,24H,8-9,11-13H2,1H3. The highest BCUT2D eigenvalue weighted by Gasteiger charge is 2.24. The maximum Gasteiger partial charge on any atom is 0.237 e. The van der Waals surface area contributed by atoms with Crippen LogP contribution in [0.2, 0.25) is 5.02 Å². The average Bonchev–Trinajstić information content (AvgIpc) is 3.02. The van der Waals surface area contributed by atoms with Crippen molar-refractivity contribution in [3.05, 3.63) is 70.1 Å². The first-order valence-electron chi connectivity index (χ1n) is 9.00. The maximum absolute atomic E-state index is 13.2. The van der Waals surface area contributed by atoms with E-state index >= 15 is 0 Å². The van der Waals surface area contributed by atoms with Gasteiger partial charge in [0.1, 0.15) is 5.82 Å². The number of nitrogens with one attached hydrogen (secondary N) is 1. The Hall–Kier alpha value is -2.37. The topological polar surface area (TPSA) is 39.3 Å². The number of likely N-dealkylation sites (N-methyl/N-ethyl adjacent to an activating group) is 1. The molecule has 0 bridgehead atoms. The van der Waals surface area contributed by atoms with E-state index in [9.17, 15) is 9.18 Å². The van der Waals surface area contributed by atoms with Crippen LogP contribution in [0, 0.1) is 5.82 Å². The van der Waals surface area contributed by atoms with Gasteiger partial charge in [0.25, 0.3) is 0 Å². The van der Waals surface area contributed by atoms with E-state index in [1.807, 2.05) is 29.0 Å². The summed E-state index contributed by atoms with van der Waals surface area (Å²) in [6, 6.07) is 12.6. The Morgan fingerprint density at radius 1 is 1.30 bits per heavy atom. The lowest BCUT2D eigenvalue weighted by Gasteiger charge is -2.29. The monoisotopic (exact) mass is 385 g/mol. The Balaban J connectivity index is 1.43. The second kappa shape index (κ2) is 7.33. The van der Waals surface area contributed by atoms with Crippen LogP contribution in [0.4, 0.5) is 4.39 Å². The molecule has 1 aliphatic heterocycles. The van der Waals surface area contributed by atoms with Gasteiger partial charge in [0.2, 0.25) is 5.91 Å². The number of rotatable bonds is 4. The number of amides is 1. The van der Waals surface area contributed by atoms with Gasteiger partial charge in [0.15, 0.2) is 0 Å². The molecule has 27 heavy (non-hydrogen) atoms. The van der Waals surface area contributed by atoms with Crippen molar-refractivity contribution in [1.82, 2.24) is 14.8 Å². The van der Waals surface area contributed by atoms with Gasteiger partial charge < -0.3 is 9.88 Å². The van der Waals surface area contributed by atoms with Crippen molar-refractivity contribution >= 4 is 28.4 Å². The first-order valence-corrected chi connectivity index (χ1v) is 9.38. The Labute approximate surface area is 162 Å². The molecule has 1 N–H and O–H groups in total. The molecule has 0 spiro atoms. The predicted molar refractivity (Wildman–Crippen MR) is 105 cm³/mol. The van der Waals surface area contributed by atoms with Crippen molar-refractivity contribution in [2.24, 2.45) is 0 Å². The summed E-state index contributed by atoms with van der Waals surface area (Å²) in [6.45, 7) is 2.13. The number of halogens is 2. The van der Waals surface area contributed by atoms with E-state index in [1.54, 1.807) is 6.07 Å². The minimum Gasteiger partial charge on any atom is -0.358 e. The van der Waals surface area contributed by atoms with Gasteiger partial charge in [-0.15, -0.1) is 0 Å². The highest BCUT2D eigenvalue weighted by atomic mass is 35.5. The van der Waals surface area contributed by atoms with Crippen LogP contribution < -0.4 is 0 Å². The van der Waals surface area contributed by atoms with Crippen LogP contribution in [-0.4, -0.2) is 40.8 Å². The van der Waals surface area contributed by atoms with E-state index in [0.717, 1.165) is 17.5 Å². The van der Waals surface area contributed by atoms with E-state index in [-0.39, 0.29) is 11.7 Å². The second-order valence-electron chi connectivity index (χ2n) is 7.10. The van der Waals surface area contributed by atoms with Gasteiger partial charge in [0, 0.05) is 53.2 Å². The molecular weight excluding hydrogens is 365 g/mol. The smallest absolute Gasteiger partial charge is 0.237 e. The molecule has 0 radical (unpaired) electrons. The van der Waals surface area contributed by atoms with Crippen molar-refractivity contribution < 1.29 is 9.18 Å². The van der Waals surface area contributed by atoms with Crippen LogP contribution in [0.25, 0.3) is 10.9 Å². The maximum atomic E-state index is 13.2. The number of carbonyl (C=O) groups is 1. The molecule has 0 saturated heterocycles. The molecule has 1 aromatic heterocycles. The number of carbonyl (C=O) groups excluding carboxylic acids is 1. The van der Waals surface area contributed by atoms with Crippen molar-refractivity contribution in [3.63, 3.8) is 0 Å². The Bertz CT molecular complexity index is 1000. The lowest BCUT2D eigenvalue weighted by atomic mass is 10.0. The second-order valence-corrected chi connectivity index (χ2v) is 7.51. The Morgan fingerprint density at radius 2 is 2.11 bits per heavy atom. The third kappa shape index (κ3) is 3.70. The summed E-state index contributed by atoms with van der Waals surface area (Å²) in [5, 5.41) is 1.58. The highest BCUT2D eigenvalue weighted by Crippen LogP contribution is 2.27. The summed E-state index contributed by atoms with van der Waals surface area (Å²) in [5.74, 6) is -0.267. The molecule has 0 atom stereocenters. The molecule has 4 rings (SSSR count). The lowest BCUT2D eigenvalue weighted by Crippen LogP contribution is -2.41. The van der Waals surface area contributed by atoms with Crippen LogP contribution in [0.5, 0.6) is 0 Å². The van der Waals surface area contributed by atoms with Gasteiger partial charge in [-0.2, -0.15) is 0 Å². The number of benzene rings is 2. The molecule has 1 amide bonds. The van der Waals surface area contributed by atoms with Crippen LogP contribution in [0.15, 0.2) is 42.5 Å². The van der Waals surface area contributed by atoms with Gasteiger partial charge >= 0.3 is 0 Å². The summed E-state index contributed by atoms with van der Waals surface area (Å²) in [4.78, 5) is 20.1. The quantitative estimate of drug-likeness (QED) is 0.738. The lowest BCUT2D eigenvalue weighted by molar-refractivity contribution is -0.133. The Kier molecular flexibility index (Phi) is 4.89. The van der Waals surface area contributed by atoms with E-state index < -0.39 is 0 Å². The molecule has 3 aromatic rings. The number of H-pyrrole nitrogens is 1. The summed E-state index contributed by atoms with van der Waals surface area (Å²) < 4.78 is 13.2. The first kappa shape index (κ1) is 18.0. The molecule has 0 unspecified atom stereocenters. The number of hydrogen-bond donors (Lipinski definition) is 1. The van der Waals surface area contributed by atoms with Gasteiger partial charge in [0.05, 0.1) is 6.54 Å². The van der Waals surface area contributed by atoms with E-state index in [4.69, 9.17) is 11.6 Å². The zero-order valence-electron chi connectivity index (χ0n) is 15.1. The molecule has 0 fully saturated rings. The van der Waals surface area contributed by atoms with Gasteiger partial charge in [-0.1, -0.05) is 35.9 Å². The minimum absolute atomic E-state index is 0.0895. The first-order chi connectivity index (χ1) is 13.0. The molecular formula is C21H21ClFN3O. The van der Waals surface area contributed by atoms with Crippen molar-refractivity contribution in [3.8, 4) is 0 Å². The minimum atomic E-state index is -0.356. The zero-order valence-corrected chi connectivity index (χ0v) is 15.9. The van der Waals surface area contributed by atoms with E-state index in [2.05, 4.69) is 17.1 Å². The van der Waals surface area contributed by atoms with E-state index in [1.165, 1.54) is 28.8 Å². The summed E-state index contributed by atoms with van der Waals surface area (Å²) in [5.41, 5.74) is 4.38. The number of aromatic nitrogens is 1. The number of aromatic amines is 1. The molecule has 6 heteroatoms. The number of fused-ring (bicyclic) bond motifs is 3. The molecule has 2 aromatic carbocycles. The molecule has 0 saturated carbocycles. The molecule has 140 valence electrons. The van der Waals surface area contributed by atoms with Crippen LogP contribution in [-0.2, 0) is 24.3 Å². The molecule has 1 aliphatic rings. The van der Waals surface area contributed by atoms with Crippen LogP contribution in [0.1, 0.15) is 16.8 Å². The van der Waals surface area contributed by atoms with E-state index in [0.29, 0.717) is 31.2 Å². The third-order valence-corrected chi connectivity index (χ3v) is 5.45. The fraction of sp³-hybridized carbons (Fsp3) is 0.286. The fourth-order valence-electron chi connectivity index (χ4n) is 3.71. The third-order valence-electron chi connectivity index (χ3n) is 5.10. The molecule has 2 heterocycles. The SMILES string of the molecule is CN(CC(=O)N1CCc2[nH]c3ccccc3c2C1)Cc1ccc(F)cc1Cl.